The molecule has 0 spiro atoms. The summed E-state index contributed by atoms with van der Waals surface area (Å²) in [5.74, 6) is 0.683. The molecule has 1 amide bonds. The molecule has 3 aromatic heterocycles. The molecule has 146 valence electrons. The number of nitrogens with zero attached hydrogens (tertiary/aromatic N) is 5. The van der Waals surface area contributed by atoms with E-state index in [-0.39, 0.29) is 11.9 Å². The van der Waals surface area contributed by atoms with Crippen molar-refractivity contribution in [3.05, 3.63) is 49.6 Å². The van der Waals surface area contributed by atoms with Crippen LogP contribution in [0.2, 0.25) is 0 Å². The highest BCUT2D eigenvalue weighted by Crippen LogP contribution is 2.28. The zero-order chi connectivity index (χ0) is 19.5. The first kappa shape index (κ1) is 18.2. The van der Waals surface area contributed by atoms with E-state index in [1.807, 2.05) is 37.8 Å². The maximum atomic E-state index is 12.0. The molecule has 28 heavy (non-hydrogen) atoms. The van der Waals surface area contributed by atoms with E-state index in [0.29, 0.717) is 32.8 Å². The number of hydrogen-bond donors (Lipinski definition) is 0. The van der Waals surface area contributed by atoms with E-state index in [1.54, 1.807) is 20.3 Å². The first-order chi connectivity index (χ1) is 13.7. The summed E-state index contributed by atoms with van der Waals surface area (Å²) in [6.07, 6.45) is 9.50. The number of morpholine rings is 1. The molecular weight excluding hydrogens is 358 g/mol. The lowest BCUT2D eigenvalue weighted by atomic mass is 10.1. The van der Waals surface area contributed by atoms with E-state index < -0.39 is 0 Å². The molecule has 1 aliphatic heterocycles. The third-order valence-electron chi connectivity index (χ3n) is 4.90. The molecule has 4 heterocycles. The summed E-state index contributed by atoms with van der Waals surface area (Å²) in [4.78, 5) is 13.9. The van der Waals surface area contributed by atoms with E-state index in [9.17, 15) is 4.79 Å². The van der Waals surface area contributed by atoms with Crippen LogP contribution in [0.4, 0.5) is 0 Å². The minimum Gasteiger partial charge on any atom is -0.491 e. The van der Waals surface area contributed by atoms with Gasteiger partial charge in [-0.25, -0.2) is 4.52 Å². The molecule has 8 heteroatoms. The number of fused-ring (bicyclic) bond motifs is 1. The molecule has 1 atom stereocenters. The lowest BCUT2D eigenvalue weighted by Gasteiger charge is -2.34. The van der Waals surface area contributed by atoms with Crippen LogP contribution in [-0.2, 0) is 16.6 Å². The Hall–Kier alpha value is -3.13. The van der Waals surface area contributed by atoms with Crippen LogP contribution in [0, 0.1) is 0 Å². The van der Waals surface area contributed by atoms with Crippen molar-refractivity contribution in [1.29, 1.82) is 0 Å². The molecule has 8 nitrogen and oxygen atoms in total. The van der Waals surface area contributed by atoms with Crippen LogP contribution >= 0.6 is 0 Å². The smallest absolute Gasteiger partial charge is 0.246 e. The molecule has 0 saturated carbocycles. The molecule has 4 rings (SSSR count). The van der Waals surface area contributed by atoms with Gasteiger partial charge in [0, 0.05) is 43.5 Å². The van der Waals surface area contributed by atoms with Gasteiger partial charge in [0.15, 0.2) is 0 Å². The van der Waals surface area contributed by atoms with Gasteiger partial charge in [-0.15, -0.1) is 0 Å². The summed E-state index contributed by atoms with van der Waals surface area (Å²) in [5.41, 5.74) is 2.86. The summed E-state index contributed by atoms with van der Waals surface area (Å²) in [6, 6.07) is 3.90. The van der Waals surface area contributed by atoms with Crippen molar-refractivity contribution in [3.63, 3.8) is 0 Å². The summed E-state index contributed by atoms with van der Waals surface area (Å²) >= 11 is 0. The Morgan fingerprint density at radius 2 is 2.29 bits per heavy atom. The lowest BCUT2D eigenvalue weighted by Crippen LogP contribution is -2.48. The van der Waals surface area contributed by atoms with Crippen molar-refractivity contribution in [1.82, 2.24) is 24.3 Å². The molecule has 0 N–H and O–H groups in total. The minimum absolute atomic E-state index is 0.0123. The topological polar surface area (TPSA) is 73.9 Å². The molecule has 1 fully saturated rings. The highest BCUT2D eigenvalue weighted by Gasteiger charge is 2.25. The van der Waals surface area contributed by atoms with Crippen molar-refractivity contribution in [2.24, 2.45) is 7.05 Å². The Morgan fingerprint density at radius 3 is 3.07 bits per heavy atom. The molecule has 0 aromatic carbocycles. The monoisotopic (exact) mass is 381 g/mol. The molecule has 0 radical (unpaired) electrons. The van der Waals surface area contributed by atoms with Gasteiger partial charge < -0.3 is 14.4 Å². The molecule has 1 saturated heterocycles. The third kappa shape index (κ3) is 3.63. The van der Waals surface area contributed by atoms with Gasteiger partial charge in [0.2, 0.25) is 5.91 Å². The van der Waals surface area contributed by atoms with Gasteiger partial charge in [-0.1, -0.05) is 6.58 Å². The lowest BCUT2D eigenvalue weighted by molar-refractivity contribution is -0.134. The summed E-state index contributed by atoms with van der Waals surface area (Å²) in [5, 5.41) is 8.58. The Balaban J connectivity index is 1.50. The van der Waals surface area contributed by atoms with Crippen LogP contribution in [0.3, 0.4) is 0 Å². The van der Waals surface area contributed by atoms with E-state index in [2.05, 4.69) is 16.8 Å². The minimum atomic E-state index is -0.0648. The first-order valence-corrected chi connectivity index (χ1v) is 9.25. The predicted octanol–water partition coefficient (Wildman–Crippen LogP) is 1.92. The van der Waals surface area contributed by atoms with Crippen molar-refractivity contribution in [3.8, 4) is 16.9 Å². The largest absolute Gasteiger partial charge is 0.491 e. The number of carbonyl (C=O) groups excluding carboxylic acids is 1. The Labute approximate surface area is 163 Å². The standard InChI is InChI=1S/C20H23N5O3/c1-3-20(26)24-7-9-27-14-17(24)5-8-28-19-10-15(16-11-22-23(2)12-16)13-25-18(19)4-6-21-25/h3-4,6,10-13,17H,1,5,7-9,14H2,2H3. The zero-order valence-corrected chi connectivity index (χ0v) is 15.8. The summed E-state index contributed by atoms with van der Waals surface area (Å²) < 4.78 is 15.2. The van der Waals surface area contributed by atoms with Crippen LogP contribution in [0.5, 0.6) is 5.75 Å². The number of rotatable bonds is 6. The van der Waals surface area contributed by atoms with Gasteiger partial charge in [-0.3, -0.25) is 9.48 Å². The first-order valence-electron chi connectivity index (χ1n) is 9.25. The quantitative estimate of drug-likeness (QED) is 0.610. The third-order valence-corrected chi connectivity index (χ3v) is 4.90. The van der Waals surface area contributed by atoms with Gasteiger partial charge in [-0.05, 0) is 18.2 Å². The fraction of sp³-hybridized carbons (Fsp3) is 0.350. The van der Waals surface area contributed by atoms with Crippen LogP contribution in [0.25, 0.3) is 16.6 Å². The van der Waals surface area contributed by atoms with Crippen molar-refractivity contribution in [2.45, 2.75) is 12.5 Å². The van der Waals surface area contributed by atoms with Crippen molar-refractivity contribution < 1.29 is 14.3 Å². The van der Waals surface area contributed by atoms with Crippen molar-refractivity contribution >= 4 is 11.4 Å². The average Bonchev–Trinajstić information content (AvgIpc) is 3.36. The normalized spacial score (nSPS) is 17.0. The van der Waals surface area contributed by atoms with Gasteiger partial charge in [0.25, 0.3) is 0 Å². The number of ether oxygens (including phenoxy) is 2. The van der Waals surface area contributed by atoms with Crippen LogP contribution in [-0.4, -0.2) is 62.6 Å². The molecule has 1 unspecified atom stereocenters. The Bertz CT molecular complexity index is 993. The summed E-state index contributed by atoms with van der Waals surface area (Å²) in [7, 11) is 1.88. The van der Waals surface area contributed by atoms with Crippen LogP contribution < -0.4 is 4.74 Å². The zero-order valence-electron chi connectivity index (χ0n) is 15.8. The fourth-order valence-electron chi connectivity index (χ4n) is 3.45. The molecular formula is C20H23N5O3. The van der Waals surface area contributed by atoms with E-state index in [4.69, 9.17) is 9.47 Å². The second-order valence-electron chi connectivity index (χ2n) is 6.76. The average molecular weight is 381 g/mol. The SMILES string of the molecule is C=CC(=O)N1CCOCC1CCOc1cc(-c2cnn(C)c2)cn2nccc12. The van der Waals surface area contributed by atoms with Gasteiger partial charge in [-0.2, -0.15) is 10.2 Å². The number of aromatic nitrogens is 4. The Morgan fingerprint density at radius 1 is 1.39 bits per heavy atom. The van der Waals surface area contributed by atoms with Crippen LogP contribution in [0.1, 0.15) is 6.42 Å². The second-order valence-corrected chi connectivity index (χ2v) is 6.76. The second kappa shape index (κ2) is 7.85. The van der Waals surface area contributed by atoms with Gasteiger partial charge in [0.1, 0.15) is 11.3 Å². The number of aryl methyl sites for hydroxylation is 1. The highest BCUT2D eigenvalue weighted by atomic mass is 16.5. The number of amides is 1. The fourth-order valence-corrected chi connectivity index (χ4v) is 3.45. The number of pyridine rings is 1. The maximum absolute atomic E-state index is 12.0. The van der Waals surface area contributed by atoms with Gasteiger partial charge in [0.05, 0.1) is 38.3 Å². The van der Waals surface area contributed by atoms with E-state index in [1.165, 1.54) is 6.08 Å². The van der Waals surface area contributed by atoms with E-state index in [0.717, 1.165) is 22.4 Å². The highest BCUT2D eigenvalue weighted by molar-refractivity contribution is 5.87. The Kier molecular flexibility index (Phi) is 5.12. The van der Waals surface area contributed by atoms with Crippen molar-refractivity contribution in [2.75, 3.05) is 26.4 Å². The summed E-state index contributed by atoms with van der Waals surface area (Å²) in [6.45, 7) is 5.70. The van der Waals surface area contributed by atoms with Crippen LogP contribution in [0.15, 0.2) is 49.6 Å². The molecule has 0 bridgehead atoms. The maximum Gasteiger partial charge on any atom is 0.246 e. The van der Waals surface area contributed by atoms with Gasteiger partial charge >= 0.3 is 0 Å². The predicted molar refractivity (Wildman–Crippen MR) is 104 cm³/mol. The molecule has 0 aliphatic carbocycles. The molecule has 3 aromatic rings. The number of hydrogen-bond acceptors (Lipinski definition) is 5. The molecule has 1 aliphatic rings. The van der Waals surface area contributed by atoms with E-state index >= 15 is 0 Å². The number of carbonyl (C=O) groups is 1.